The summed E-state index contributed by atoms with van der Waals surface area (Å²) in [6.07, 6.45) is 0.256. The first-order valence-corrected chi connectivity index (χ1v) is 6.40. The molecule has 2 amide bonds. The summed E-state index contributed by atoms with van der Waals surface area (Å²) in [7, 11) is 0. The van der Waals surface area contributed by atoms with Crippen molar-refractivity contribution in [2.24, 2.45) is 0 Å². The quantitative estimate of drug-likeness (QED) is 0.768. The molecule has 0 spiro atoms. The van der Waals surface area contributed by atoms with E-state index in [0.717, 1.165) is 11.3 Å². The Kier molecular flexibility index (Phi) is 6.43. The molecule has 2 N–H and O–H groups in total. The lowest BCUT2D eigenvalue weighted by molar-refractivity contribution is -0.125. The summed E-state index contributed by atoms with van der Waals surface area (Å²) in [6, 6.07) is 7.35. The van der Waals surface area contributed by atoms with Gasteiger partial charge in [0.25, 0.3) is 0 Å². The van der Waals surface area contributed by atoms with Crippen LogP contribution in [-0.4, -0.2) is 31.5 Å². The lowest BCUT2D eigenvalue weighted by atomic mass is 10.1. The van der Waals surface area contributed by atoms with E-state index < -0.39 is 0 Å². The third-order valence-corrected chi connectivity index (χ3v) is 2.42. The van der Waals surface area contributed by atoms with E-state index in [0.29, 0.717) is 13.2 Å². The number of nitrogens with one attached hydrogen (secondary N) is 2. The smallest absolute Gasteiger partial charge is 0.239 e. The number of hydrogen-bond acceptors (Lipinski definition) is 3. The van der Waals surface area contributed by atoms with Crippen LogP contribution in [0.4, 0.5) is 0 Å². The molecule has 5 heteroatoms. The summed E-state index contributed by atoms with van der Waals surface area (Å²) in [6.45, 7) is 4.95. The number of hydrogen-bond donors (Lipinski definition) is 2. The van der Waals surface area contributed by atoms with E-state index >= 15 is 0 Å². The van der Waals surface area contributed by atoms with Gasteiger partial charge in [-0.3, -0.25) is 9.59 Å². The van der Waals surface area contributed by atoms with Gasteiger partial charge >= 0.3 is 0 Å². The molecule has 0 bridgehead atoms. The Morgan fingerprint density at radius 2 is 1.74 bits per heavy atom. The highest BCUT2D eigenvalue weighted by Gasteiger charge is 2.05. The van der Waals surface area contributed by atoms with Gasteiger partial charge in [0.15, 0.2) is 0 Å². The minimum absolute atomic E-state index is 0.0176. The largest absolute Gasteiger partial charge is 0.494 e. The van der Waals surface area contributed by atoms with Gasteiger partial charge in [0.2, 0.25) is 11.8 Å². The van der Waals surface area contributed by atoms with E-state index in [1.165, 1.54) is 0 Å². The van der Waals surface area contributed by atoms with Crippen molar-refractivity contribution in [2.75, 3.05) is 19.7 Å². The molecule has 0 aromatic heterocycles. The van der Waals surface area contributed by atoms with Crippen LogP contribution in [-0.2, 0) is 16.0 Å². The van der Waals surface area contributed by atoms with Crippen molar-refractivity contribution in [3.05, 3.63) is 29.8 Å². The molecule has 0 saturated carbocycles. The zero-order valence-electron chi connectivity index (χ0n) is 11.4. The number of amides is 2. The third-order valence-electron chi connectivity index (χ3n) is 2.42. The molecule has 104 valence electrons. The van der Waals surface area contributed by atoms with Crippen molar-refractivity contribution in [2.45, 2.75) is 20.3 Å². The van der Waals surface area contributed by atoms with Crippen molar-refractivity contribution in [1.29, 1.82) is 0 Å². The predicted molar refractivity (Wildman–Crippen MR) is 73.0 cm³/mol. The first kappa shape index (κ1) is 15.0. The molecule has 19 heavy (non-hydrogen) atoms. The fourth-order valence-corrected chi connectivity index (χ4v) is 1.56. The molecular weight excluding hydrogens is 244 g/mol. The molecule has 0 heterocycles. The van der Waals surface area contributed by atoms with Crippen LogP contribution >= 0.6 is 0 Å². The van der Waals surface area contributed by atoms with Crippen LogP contribution in [0.3, 0.4) is 0 Å². The second kappa shape index (κ2) is 8.13. The zero-order valence-corrected chi connectivity index (χ0v) is 11.4. The zero-order chi connectivity index (χ0) is 14.1. The van der Waals surface area contributed by atoms with Gasteiger partial charge < -0.3 is 15.4 Å². The third kappa shape index (κ3) is 5.90. The summed E-state index contributed by atoms with van der Waals surface area (Å²) in [5.74, 6) is 0.437. The highest BCUT2D eigenvalue weighted by molar-refractivity contribution is 5.85. The minimum atomic E-state index is -0.178. The Hall–Kier alpha value is -2.04. The Morgan fingerprint density at radius 3 is 2.32 bits per heavy atom. The topological polar surface area (TPSA) is 67.4 Å². The van der Waals surface area contributed by atoms with Crippen molar-refractivity contribution in [3.63, 3.8) is 0 Å². The standard InChI is InChI=1S/C14H20N2O3/c1-3-15-14(18)10-16-13(17)9-11-5-7-12(8-6-11)19-4-2/h5-8H,3-4,9-10H2,1-2H3,(H,15,18)(H,16,17). The van der Waals surface area contributed by atoms with Crippen molar-refractivity contribution < 1.29 is 14.3 Å². The van der Waals surface area contributed by atoms with Gasteiger partial charge in [-0.15, -0.1) is 0 Å². The summed E-state index contributed by atoms with van der Waals surface area (Å²) in [4.78, 5) is 22.8. The lowest BCUT2D eigenvalue weighted by Gasteiger charge is -2.06. The number of carbonyl (C=O) groups is 2. The van der Waals surface area contributed by atoms with Gasteiger partial charge in [-0.25, -0.2) is 0 Å². The minimum Gasteiger partial charge on any atom is -0.494 e. The molecule has 0 unspecified atom stereocenters. The molecule has 0 aliphatic rings. The number of benzene rings is 1. The number of ether oxygens (including phenoxy) is 1. The predicted octanol–water partition coefficient (Wildman–Crippen LogP) is 0.880. The SMILES string of the molecule is CCNC(=O)CNC(=O)Cc1ccc(OCC)cc1. The van der Waals surface area contributed by atoms with Crippen LogP contribution in [0.25, 0.3) is 0 Å². The van der Waals surface area contributed by atoms with Crippen LogP contribution in [0.5, 0.6) is 5.75 Å². The Balaban J connectivity index is 2.37. The van der Waals surface area contributed by atoms with E-state index in [1.54, 1.807) is 0 Å². The van der Waals surface area contributed by atoms with Gasteiger partial charge in [-0.2, -0.15) is 0 Å². The van der Waals surface area contributed by atoms with Gasteiger partial charge in [0.1, 0.15) is 5.75 Å². The molecule has 0 aliphatic carbocycles. The molecule has 0 radical (unpaired) electrons. The molecule has 1 rings (SSSR count). The molecule has 0 fully saturated rings. The van der Waals surface area contributed by atoms with E-state index in [-0.39, 0.29) is 24.8 Å². The first-order valence-electron chi connectivity index (χ1n) is 6.40. The molecule has 5 nitrogen and oxygen atoms in total. The molecule has 0 saturated heterocycles. The summed E-state index contributed by atoms with van der Waals surface area (Å²) >= 11 is 0. The van der Waals surface area contributed by atoms with Gasteiger partial charge in [0, 0.05) is 6.54 Å². The van der Waals surface area contributed by atoms with Crippen molar-refractivity contribution >= 4 is 11.8 Å². The number of rotatable bonds is 7. The maximum absolute atomic E-state index is 11.6. The number of likely N-dealkylation sites (N-methyl/N-ethyl adjacent to an activating group) is 1. The monoisotopic (exact) mass is 264 g/mol. The van der Waals surface area contributed by atoms with Crippen molar-refractivity contribution in [1.82, 2.24) is 10.6 Å². The van der Waals surface area contributed by atoms with Gasteiger partial charge in [-0.05, 0) is 31.5 Å². The fourth-order valence-electron chi connectivity index (χ4n) is 1.56. The first-order chi connectivity index (χ1) is 9.15. The van der Waals surface area contributed by atoms with Gasteiger partial charge in [-0.1, -0.05) is 12.1 Å². The van der Waals surface area contributed by atoms with Crippen molar-refractivity contribution in [3.8, 4) is 5.75 Å². The highest BCUT2D eigenvalue weighted by atomic mass is 16.5. The maximum Gasteiger partial charge on any atom is 0.239 e. The average Bonchev–Trinajstić information content (AvgIpc) is 2.39. The summed E-state index contributed by atoms with van der Waals surface area (Å²) in [5, 5.41) is 5.19. The van der Waals surface area contributed by atoms with E-state index in [9.17, 15) is 9.59 Å². The van der Waals surface area contributed by atoms with E-state index in [4.69, 9.17) is 4.74 Å². The maximum atomic E-state index is 11.6. The summed E-state index contributed by atoms with van der Waals surface area (Å²) < 4.78 is 5.32. The molecule has 0 atom stereocenters. The van der Waals surface area contributed by atoms with Gasteiger partial charge in [0.05, 0.1) is 19.6 Å². The molecular formula is C14H20N2O3. The Bertz CT molecular complexity index is 415. The van der Waals surface area contributed by atoms with Crippen LogP contribution in [0.15, 0.2) is 24.3 Å². The second-order valence-corrected chi connectivity index (χ2v) is 3.98. The number of carbonyl (C=O) groups excluding carboxylic acids is 2. The molecule has 1 aromatic carbocycles. The van der Waals surface area contributed by atoms with E-state index in [1.807, 2.05) is 38.1 Å². The van der Waals surface area contributed by atoms with Crippen LogP contribution < -0.4 is 15.4 Å². The van der Waals surface area contributed by atoms with Crippen LogP contribution in [0.2, 0.25) is 0 Å². The van der Waals surface area contributed by atoms with E-state index in [2.05, 4.69) is 10.6 Å². The Labute approximate surface area is 113 Å². The molecule has 1 aromatic rings. The lowest BCUT2D eigenvalue weighted by Crippen LogP contribution is -2.37. The van der Waals surface area contributed by atoms with Crippen LogP contribution in [0, 0.1) is 0 Å². The fraction of sp³-hybridized carbons (Fsp3) is 0.429. The average molecular weight is 264 g/mol. The highest BCUT2D eigenvalue weighted by Crippen LogP contribution is 2.12. The Morgan fingerprint density at radius 1 is 1.05 bits per heavy atom. The summed E-state index contributed by atoms with van der Waals surface area (Å²) in [5.41, 5.74) is 0.886. The normalized spacial score (nSPS) is 9.79. The molecule has 0 aliphatic heterocycles. The second-order valence-electron chi connectivity index (χ2n) is 3.98. The van der Waals surface area contributed by atoms with Crippen LogP contribution in [0.1, 0.15) is 19.4 Å².